The molecule has 0 saturated carbocycles. The first-order valence-electron chi connectivity index (χ1n) is 16.9. The molecule has 0 aliphatic heterocycles. The van der Waals surface area contributed by atoms with Crippen LogP contribution in [0.2, 0.25) is 0 Å². The molecule has 0 spiro atoms. The molecule has 4 nitrogen and oxygen atoms in total. The molecule has 0 saturated heterocycles. The molecule has 50 heavy (non-hydrogen) atoms. The summed E-state index contributed by atoms with van der Waals surface area (Å²) in [5, 5.41) is 10.9. The lowest BCUT2D eigenvalue weighted by atomic mass is 10.00. The van der Waals surface area contributed by atoms with Crippen LogP contribution in [0, 0.1) is 0 Å². The Kier molecular flexibility index (Phi) is 5.63. The highest BCUT2D eigenvalue weighted by Crippen LogP contribution is 2.41. The first-order valence-corrected chi connectivity index (χ1v) is 16.9. The Morgan fingerprint density at radius 1 is 0.440 bits per heavy atom. The van der Waals surface area contributed by atoms with Crippen molar-refractivity contribution >= 4 is 76.2 Å². The number of aromatic nitrogens is 3. The van der Waals surface area contributed by atoms with Gasteiger partial charge >= 0.3 is 0 Å². The van der Waals surface area contributed by atoms with E-state index in [2.05, 4.69) is 150 Å². The molecule has 232 valence electrons. The van der Waals surface area contributed by atoms with Crippen LogP contribution in [-0.2, 0) is 0 Å². The van der Waals surface area contributed by atoms with Crippen molar-refractivity contribution in [3.8, 4) is 28.3 Å². The Morgan fingerprint density at radius 3 is 1.70 bits per heavy atom. The van der Waals surface area contributed by atoms with Crippen LogP contribution in [0.3, 0.4) is 0 Å². The fourth-order valence-corrected chi connectivity index (χ4v) is 7.84. The summed E-state index contributed by atoms with van der Waals surface area (Å²) in [6.07, 6.45) is 0. The minimum absolute atomic E-state index is 0.665. The molecule has 0 radical (unpaired) electrons. The van der Waals surface area contributed by atoms with E-state index in [1.807, 2.05) is 18.2 Å². The van der Waals surface area contributed by atoms with Gasteiger partial charge in [0.05, 0.1) is 11.0 Å². The van der Waals surface area contributed by atoms with Gasteiger partial charge in [0, 0.05) is 33.0 Å². The van der Waals surface area contributed by atoms with Crippen LogP contribution in [0.15, 0.2) is 168 Å². The number of benzene rings is 8. The third-order valence-electron chi connectivity index (χ3n) is 10.2. The third kappa shape index (κ3) is 3.93. The van der Waals surface area contributed by atoms with Gasteiger partial charge in [-0.2, -0.15) is 0 Å². The van der Waals surface area contributed by atoms with Gasteiger partial charge in [-0.3, -0.25) is 0 Å². The predicted molar refractivity (Wildman–Crippen MR) is 207 cm³/mol. The van der Waals surface area contributed by atoms with Crippen LogP contribution in [0.5, 0.6) is 0 Å². The zero-order valence-electron chi connectivity index (χ0n) is 26.8. The van der Waals surface area contributed by atoms with E-state index in [9.17, 15) is 0 Å². The third-order valence-corrected chi connectivity index (χ3v) is 10.2. The molecule has 11 aromatic rings. The topological polar surface area (TPSA) is 43.9 Å². The van der Waals surface area contributed by atoms with E-state index >= 15 is 0 Å². The Labute approximate surface area is 286 Å². The van der Waals surface area contributed by atoms with Crippen molar-refractivity contribution in [2.45, 2.75) is 0 Å². The van der Waals surface area contributed by atoms with Crippen LogP contribution in [0.1, 0.15) is 0 Å². The molecule has 3 aromatic heterocycles. The summed E-state index contributed by atoms with van der Waals surface area (Å²) in [6.45, 7) is 0. The molecule has 0 N–H and O–H groups in total. The average Bonchev–Trinajstić information content (AvgIpc) is 3.74. The van der Waals surface area contributed by atoms with Crippen molar-refractivity contribution in [1.29, 1.82) is 0 Å². The standard InChI is InChI=1S/C46H27N3O/c1-2-12-32-27-33(18-17-28(32)9-1)43-45-44(37-15-7-8-16-40(37)50-45)48-46(47-43)31-19-23-34(24-20-31)49-38-25-21-29-10-3-5-13-35(29)41(38)42-36-14-6-4-11-30(36)22-26-39(42)49/h1-27H. The Balaban J connectivity index is 1.13. The first kappa shape index (κ1) is 27.2. The second kappa shape index (κ2) is 10.4. The van der Waals surface area contributed by atoms with Crippen molar-refractivity contribution in [3.63, 3.8) is 0 Å². The Morgan fingerprint density at radius 2 is 1.00 bits per heavy atom. The van der Waals surface area contributed by atoms with Gasteiger partial charge in [0.1, 0.15) is 16.8 Å². The number of fused-ring (bicyclic) bond motifs is 11. The molecular formula is C46H27N3O. The van der Waals surface area contributed by atoms with E-state index in [0.29, 0.717) is 11.4 Å². The van der Waals surface area contributed by atoms with E-state index in [1.165, 1.54) is 48.7 Å². The first-order chi connectivity index (χ1) is 24.8. The van der Waals surface area contributed by atoms with Gasteiger partial charge in [0.25, 0.3) is 0 Å². The zero-order valence-corrected chi connectivity index (χ0v) is 26.8. The van der Waals surface area contributed by atoms with Gasteiger partial charge in [0.2, 0.25) is 0 Å². The van der Waals surface area contributed by atoms with Gasteiger partial charge in [-0.05, 0) is 86.9 Å². The number of rotatable bonds is 3. The van der Waals surface area contributed by atoms with Crippen LogP contribution in [-0.4, -0.2) is 14.5 Å². The van der Waals surface area contributed by atoms with E-state index in [4.69, 9.17) is 14.4 Å². The van der Waals surface area contributed by atoms with Crippen LogP contribution >= 0.6 is 0 Å². The number of hydrogen-bond donors (Lipinski definition) is 0. The smallest absolute Gasteiger partial charge is 0.180 e. The summed E-state index contributed by atoms with van der Waals surface area (Å²) in [4.78, 5) is 10.3. The Hall–Kier alpha value is -6.78. The number of hydrogen-bond acceptors (Lipinski definition) is 3. The molecule has 0 atom stereocenters. The molecule has 4 heteroatoms. The maximum atomic E-state index is 6.42. The summed E-state index contributed by atoms with van der Waals surface area (Å²) >= 11 is 0. The normalized spacial score (nSPS) is 12.0. The lowest BCUT2D eigenvalue weighted by molar-refractivity contribution is 0.667. The largest absolute Gasteiger partial charge is 0.452 e. The van der Waals surface area contributed by atoms with Crippen molar-refractivity contribution < 1.29 is 4.42 Å². The van der Waals surface area contributed by atoms with Gasteiger partial charge in [-0.1, -0.05) is 109 Å². The zero-order chi connectivity index (χ0) is 32.8. The van der Waals surface area contributed by atoms with Crippen LogP contribution in [0.25, 0.3) is 105 Å². The highest BCUT2D eigenvalue weighted by molar-refractivity contribution is 6.28. The Bertz CT molecular complexity index is 3060. The summed E-state index contributed by atoms with van der Waals surface area (Å²) in [5.41, 5.74) is 8.51. The molecule has 0 bridgehead atoms. The lowest BCUT2D eigenvalue weighted by Crippen LogP contribution is -1.96. The summed E-state index contributed by atoms with van der Waals surface area (Å²) in [7, 11) is 0. The molecule has 0 fully saturated rings. The number of para-hydroxylation sites is 1. The molecule has 0 unspecified atom stereocenters. The van der Waals surface area contributed by atoms with E-state index in [-0.39, 0.29) is 0 Å². The molecule has 11 rings (SSSR count). The van der Waals surface area contributed by atoms with Gasteiger partial charge in [-0.15, -0.1) is 0 Å². The fraction of sp³-hybridized carbons (Fsp3) is 0. The van der Waals surface area contributed by atoms with E-state index < -0.39 is 0 Å². The summed E-state index contributed by atoms with van der Waals surface area (Å²) in [6, 6.07) is 58.0. The second-order valence-electron chi connectivity index (χ2n) is 13.0. The molecule has 0 amide bonds. The van der Waals surface area contributed by atoms with Crippen molar-refractivity contribution in [2.75, 3.05) is 0 Å². The maximum Gasteiger partial charge on any atom is 0.180 e. The van der Waals surface area contributed by atoms with Crippen molar-refractivity contribution in [3.05, 3.63) is 164 Å². The monoisotopic (exact) mass is 637 g/mol. The minimum Gasteiger partial charge on any atom is -0.452 e. The van der Waals surface area contributed by atoms with Gasteiger partial charge in [-0.25, -0.2) is 9.97 Å². The van der Waals surface area contributed by atoms with Gasteiger partial charge < -0.3 is 8.98 Å². The summed E-state index contributed by atoms with van der Waals surface area (Å²) < 4.78 is 8.81. The van der Waals surface area contributed by atoms with Gasteiger partial charge in [0.15, 0.2) is 11.4 Å². The van der Waals surface area contributed by atoms with Crippen molar-refractivity contribution in [2.24, 2.45) is 0 Å². The quantitative estimate of drug-likeness (QED) is 0.194. The maximum absolute atomic E-state index is 6.42. The van der Waals surface area contributed by atoms with E-state index in [1.54, 1.807) is 0 Å². The van der Waals surface area contributed by atoms with E-state index in [0.717, 1.165) is 44.4 Å². The highest BCUT2D eigenvalue weighted by Gasteiger charge is 2.20. The lowest BCUT2D eigenvalue weighted by Gasteiger charge is -2.11. The SMILES string of the molecule is c1ccc2cc(-c3nc(-c4ccc(-n5c6ccc7ccccc7c6c6c7ccccc7ccc65)cc4)nc4c3oc3ccccc34)ccc2c1. The number of furan rings is 1. The fourth-order valence-electron chi connectivity index (χ4n) is 7.84. The highest BCUT2D eigenvalue weighted by atomic mass is 16.3. The number of nitrogens with zero attached hydrogens (tertiary/aromatic N) is 3. The predicted octanol–water partition coefficient (Wildman–Crippen LogP) is 12.3. The second-order valence-corrected chi connectivity index (χ2v) is 13.0. The van der Waals surface area contributed by atoms with Crippen LogP contribution < -0.4 is 0 Å². The molecule has 0 aliphatic carbocycles. The molecule has 0 aliphatic rings. The van der Waals surface area contributed by atoms with Crippen molar-refractivity contribution in [1.82, 2.24) is 14.5 Å². The average molecular weight is 638 g/mol. The van der Waals surface area contributed by atoms with Crippen LogP contribution in [0.4, 0.5) is 0 Å². The molecule has 8 aromatic carbocycles. The molecule has 3 heterocycles. The summed E-state index contributed by atoms with van der Waals surface area (Å²) in [5.74, 6) is 0.665. The molecular weight excluding hydrogens is 611 g/mol. The minimum atomic E-state index is 0.665.